The average Bonchev–Trinajstić information content (AvgIpc) is 3.55. The zero-order valence-corrected chi connectivity index (χ0v) is 22.4. The molecule has 2 atom stereocenters. The van der Waals surface area contributed by atoms with Gasteiger partial charge in [0.1, 0.15) is 23.2 Å². The summed E-state index contributed by atoms with van der Waals surface area (Å²) in [6.45, 7) is 4.13. The van der Waals surface area contributed by atoms with Gasteiger partial charge in [0.2, 0.25) is 0 Å². The summed E-state index contributed by atoms with van der Waals surface area (Å²) >= 11 is 0. The molecular weight excluding hydrogens is 507 g/mol. The van der Waals surface area contributed by atoms with Crippen LogP contribution in [0.3, 0.4) is 0 Å². The van der Waals surface area contributed by atoms with Crippen LogP contribution in [-0.4, -0.2) is 36.5 Å². The molecule has 0 spiro atoms. The smallest absolute Gasteiger partial charge is 0.257 e. The zero-order chi connectivity index (χ0) is 27.0. The second-order valence-corrected chi connectivity index (χ2v) is 12.3. The minimum Gasteiger partial charge on any atom is -0.364 e. The summed E-state index contributed by atoms with van der Waals surface area (Å²) in [4.78, 5) is 25.4. The molecule has 1 fully saturated rings. The number of aromatic amines is 1. The Hall–Kier alpha value is -3.60. The fraction of sp³-hybridized carbons (Fsp3) is 0.407. The predicted octanol–water partition coefficient (Wildman–Crippen LogP) is 5.65. The van der Waals surface area contributed by atoms with E-state index in [2.05, 4.69) is 32.3 Å². The number of hydrogen-bond acceptors (Lipinski definition) is 7. The van der Waals surface area contributed by atoms with Crippen molar-refractivity contribution in [2.24, 2.45) is 11.8 Å². The summed E-state index contributed by atoms with van der Waals surface area (Å²) in [6.07, 6.45) is 9.96. The van der Waals surface area contributed by atoms with E-state index in [1.54, 1.807) is 12.1 Å². The van der Waals surface area contributed by atoms with Gasteiger partial charge in [0.05, 0.1) is 31.9 Å². The highest BCUT2D eigenvalue weighted by Gasteiger charge is 2.32. The van der Waals surface area contributed by atoms with Gasteiger partial charge in [0.15, 0.2) is 5.82 Å². The molecule has 1 unspecified atom stereocenters. The van der Waals surface area contributed by atoms with Gasteiger partial charge < -0.3 is 14.8 Å². The first-order valence-corrected chi connectivity index (χ1v) is 14.7. The van der Waals surface area contributed by atoms with Gasteiger partial charge >= 0.3 is 0 Å². The second kappa shape index (κ2) is 10.3. The Morgan fingerprint density at radius 1 is 1.26 bits per heavy atom. The number of pyridine rings is 1. The van der Waals surface area contributed by atoms with Crippen LogP contribution in [0.15, 0.2) is 46.3 Å². The van der Waals surface area contributed by atoms with E-state index in [0.29, 0.717) is 40.5 Å². The molecule has 9 nitrogen and oxygen atoms in total. The summed E-state index contributed by atoms with van der Waals surface area (Å²) in [5.74, 6) is 0.312. The van der Waals surface area contributed by atoms with Gasteiger partial charge in [-0.25, -0.2) is 18.4 Å². The number of fused-ring (bicyclic) bond motifs is 1. The summed E-state index contributed by atoms with van der Waals surface area (Å²) in [7, 11) is -3.11. The monoisotopic (exact) mass is 538 g/mol. The third-order valence-corrected chi connectivity index (χ3v) is 8.63. The third kappa shape index (κ3) is 4.94. The summed E-state index contributed by atoms with van der Waals surface area (Å²) in [5, 5.41) is 7.04. The van der Waals surface area contributed by atoms with Crippen LogP contribution in [0.25, 0.3) is 22.2 Å². The van der Waals surface area contributed by atoms with Crippen molar-refractivity contribution in [2.45, 2.75) is 56.9 Å². The molecule has 1 saturated carbocycles. The molecule has 1 aromatic carbocycles. The molecule has 5 rings (SSSR count). The number of aryl methyl sites for hydroxylation is 1. The Labute approximate surface area is 220 Å². The van der Waals surface area contributed by atoms with E-state index >= 15 is 4.39 Å². The van der Waals surface area contributed by atoms with E-state index in [4.69, 9.17) is 9.30 Å². The molecule has 1 amide bonds. The van der Waals surface area contributed by atoms with E-state index in [1.807, 2.05) is 6.92 Å². The molecule has 3 heterocycles. The highest BCUT2D eigenvalue weighted by atomic mass is 32.2. The third-order valence-electron chi connectivity index (χ3n) is 7.44. The van der Waals surface area contributed by atoms with Crippen molar-refractivity contribution in [2.75, 3.05) is 6.26 Å². The number of amides is 1. The first kappa shape index (κ1) is 26.0. The van der Waals surface area contributed by atoms with Crippen molar-refractivity contribution in [3.05, 3.63) is 59.8 Å². The number of nitrogens with one attached hydrogen (secondary N) is 3. The number of benzene rings is 1. The number of halogens is 1. The van der Waals surface area contributed by atoms with Crippen molar-refractivity contribution in [3.63, 3.8) is 0 Å². The van der Waals surface area contributed by atoms with Crippen LogP contribution >= 0.6 is 0 Å². The molecule has 200 valence electrons. The molecule has 11 heteroatoms. The normalized spacial score (nSPS) is 20.2. The van der Waals surface area contributed by atoms with Crippen LogP contribution in [0.5, 0.6) is 0 Å². The van der Waals surface area contributed by atoms with Crippen molar-refractivity contribution in [3.8, 4) is 11.1 Å². The van der Waals surface area contributed by atoms with Crippen LogP contribution in [0, 0.1) is 22.4 Å². The quantitative estimate of drug-likeness (QED) is 0.278. The number of imidazole rings is 1. The first-order chi connectivity index (χ1) is 18.2. The molecule has 1 aliphatic rings. The Bertz CT molecular complexity index is 1590. The van der Waals surface area contributed by atoms with Crippen LogP contribution in [0.4, 0.5) is 4.39 Å². The Balaban J connectivity index is 1.56. The summed E-state index contributed by atoms with van der Waals surface area (Å²) in [5.41, 5.74) is 2.02. The highest BCUT2D eigenvalue weighted by Crippen LogP contribution is 2.38. The largest absolute Gasteiger partial charge is 0.364 e. The Morgan fingerprint density at radius 2 is 2.03 bits per heavy atom. The minimum atomic E-state index is -3.11. The van der Waals surface area contributed by atoms with Crippen LogP contribution in [0.2, 0.25) is 0 Å². The van der Waals surface area contributed by atoms with E-state index in [-0.39, 0.29) is 27.8 Å². The lowest BCUT2D eigenvalue weighted by Crippen LogP contribution is -2.36. The molecule has 38 heavy (non-hydrogen) atoms. The van der Waals surface area contributed by atoms with Crippen LogP contribution in [0.1, 0.15) is 67.4 Å². The fourth-order valence-electron chi connectivity index (χ4n) is 5.29. The fourth-order valence-corrected chi connectivity index (χ4v) is 6.19. The Kier molecular flexibility index (Phi) is 7.04. The maximum absolute atomic E-state index is 15.9. The molecule has 4 aromatic rings. The van der Waals surface area contributed by atoms with Crippen LogP contribution < -0.4 is 5.32 Å². The van der Waals surface area contributed by atoms with E-state index in [0.717, 1.165) is 25.7 Å². The lowest BCUT2D eigenvalue weighted by atomic mass is 9.79. The average molecular weight is 539 g/mol. The molecule has 0 saturated heterocycles. The van der Waals surface area contributed by atoms with E-state index in [9.17, 15) is 9.00 Å². The van der Waals surface area contributed by atoms with Gasteiger partial charge in [0.25, 0.3) is 5.91 Å². The van der Waals surface area contributed by atoms with Crippen molar-refractivity contribution < 1.29 is 17.9 Å². The minimum absolute atomic E-state index is 0.113. The molecule has 1 aliphatic carbocycles. The summed E-state index contributed by atoms with van der Waals surface area (Å²) < 4.78 is 41.5. The predicted molar refractivity (Wildman–Crippen MR) is 142 cm³/mol. The Morgan fingerprint density at radius 3 is 2.74 bits per heavy atom. The van der Waals surface area contributed by atoms with Crippen molar-refractivity contribution in [1.82, 2.24) is 25.4 Å². The lowest BCUT2D eigenvalue weighted by molar-refractivity contribution is 0.0903. The maximum Gasteiger partial charge on any atom is 0.257 e. The number of H-pyrrole nitrogens is 1. The van der Waals surface area contributed by atoms with Crippen molar-refractivity contribution >= 4 is 26.7 Å². The van der Waals surface area contributed by atoms with Crippen molar-refractivity contribution in [1.29, 1.82) is 4.78 Å². The van der Waals surface area contributed by atoms with Gasteiger partial charge in [-0.15, -0.1) is 0 Å². The highest BCUT2D eigenvalue weighted by molar-refractivity contribution is 7.91. The number of carbonyl (C=O) groups excluding carboxylic acids is 1. The zero-order valence-electron chi connectivity index (χ0n) is 21.6. The number of rotatable bonds is 7. The number of hydrogen-bond donors (Lipinski definition) is 3. The molecule has 0 bridgehead atoms. The summed E-state index contributed by atoms with van der Waals surface area (Å²) in [6, 6.07) is 4.31. The van der Waals surface area contributed by atoms with E-state index < -0.39 is 21.6 Å². The SMILES string of the molecule is CCc1nocc1C(=O)N[C@H](c1nc2c(F)c(-c3cnccc3S(C)(=N)=O)ccc2[nH]1)C1CCC(C)CC1. The van der Waals surface area contributed by atoms with Gasteiger partial charge in [-0.1, -0.05) is 31.8 Å². The maximum atomic E-state index is 15.9. The molecule has 3 aromatic heterocycles. The second-order valence-electron chi connectivity index (χ2n) is 10.2. The lowest BCUT2D eigenvalue weighted by Gasteiger charge is -2.32. The molecule has 0 radical (unpaired) electrons. The molecule has 3 N–H and O–H groups in total. The van der Waals surface area contributed by atoms with Crippen LogP contribution in [-0.2, 0) is 16.1 Å². The molecular formula is C27H31FN6O3S. The number of nitrogens with zero attached hydrogens (tertiary/aromatic N) is 3. The molecule has 0 aliphatic heterocycles. The van der Waals surface area contributed by atoms with Gasteiger partial charge in [-0.2, -0.15) is 0 Å². The number of carbonyl (C=O) groups is 1. The topological polar surface area (TPSA) is 138 Å². The van der Waals surface area contributed by atoms with Gasteiger partial charge in [-0.3, -0.25) is 9.78 Å². The standard InChI is InChI=1S/C27H31FN6O3S/c1-4-20-19(14-37-34-20)27(35)33-24(16-7-5-15(2)6-8-16)26-31-21-10-9-17(23(28)25(21)32-26)18-13-30-12-11-22(18)38(3,29)36/h9-16,24,29H,4-8H2,1-3H3,(H,31,32)(H,33,35)/t15?,16?,24-,38?/m0/s1. The first-order valence-electron chi connectivity index (χ1n) is 12.8. The van der Waals surface area contributed by atoms with Gasteiger partial charge in [0, 0.05) is 29.8 Å². The van der Waals surface area contributed by atoms with E-state index in [1.165, 1.54) is 31.0 Å². The number of aromatic nitrogens is 4. The van der Waals surface area contributed by atoms with Gasteiger partial charge in [-0.05, 0) is 49.3 Å².